The van der Waals surface area contributed by atoms with E-state index >= 15 is 0 Å². The molecule has 0 radical (unpaired) electrons. The number of primary amides is 2. The number of rotatable bonds is 8. The molecule has 2 aliphatic heterocycles. The Morgan fingerprint density at radius 3 is 1.29 bits per heavy atom. The minimum atomic E-state index is -0.492. The summed E-state index contributed by atoms with van der Waals surface area (Å²) in [5.74, 6) is -0.933. The Morgan fingerprint density at radius 2 is 0.942 bits per heavy atom. The average Bonchev–Trinajstić information content (AvgIpc) is 3.71. The van der Waals surface area contributed by atoms with Crippen molar-refractivity contribution >= 4 is 33.6 Å². The minimum absolute atomic E-state index is 0.269. The second kappa shape index (κ2) is 15.5. The molecule has 0 unspecified atom stereocenters. The van der Waals surface area contributed by atoms with Crippen molar-refractivity contribution in [1.29, 1.82) is 0 Å². The van der Waals surface area contributed by atoms with Crippen LogP contribution >= 0.6 is 0 Å². The maximum absolute atomic E-state index is 14.4. The zero-order valence-electron chi connectivity index (χ0n) is 29.1. The van der Waals surface area contributed by atoms with Gasteiger partial charge in [0.25, 0.3) is 11.8 Å². The number of hydrogen-bond donors (Lipinski definition) is 4. The van der Waals surface area contributed by atoms with Gasteiger partial charge in [0.15, 0.2) is 0 Å². The third kappa shape index (κ3) is 7.49. The molecule has 2 aromatic heterocycles. The van der Waals surface area contributed by atoms with E-state index in [1.165, 1.54) is 12.1 Å². The van der Waals surface area contributed by atoms with Gasteiger partial charge in [0.1, 0.15) is 23.0 Å². The number of nitrogens with one attached hydrogen (secondary N) is 2. The molecule has 0 aliphatic carbocycles. The summed E-state index contributed by atoms with van der Waals surface area (Å²) < 4.78 is 32.5. The maximum atomic E-state index is 14.4. The molecule has 4 heterocycles. The molecule has 0 spiro atoms. The van der Waals surface area contributed by atoms with Gasteiger partial charge in [0.2, 0.25) is 0 Å². The highest BCUT2D eigenvalue weighted by Crippen LogP contribution is 2.36. The summed E-state index contributed by atoms with van der Waals surface area (Å²) in [4.78, 5) is 24.1. The lowest BCUT2D eigenvalue weighted by molar-refractivity contribution is 0.0984. The molecule has 2 aliphatic rings. The van der Waals surface area contributed by atoms with Gasteiger partial charge in [0, 0.05) is 23.9 Å². The second-order valence-electron chi connectivity index (χ2n) is 13.8. The SMILES string of the molecule is NC(=O)c1cc2c(C3CCNCC3)cc(F)cc2n1Cc1ccccc1.NC(=O)c1cc2c(C3CCNCC3)cc(F)cc2n1Cc1ccccc1. The third-order valence-electron chi connectivity index (χ3n) is 10.5. The number of hydrogen-bond acceptors (Lipinski definition) is 4. The highest BCUT2D eigenvalue weighted by molar-refractivity contribution is 6.00. The standard InChI is InChI=1S/2C21H22FN3O/c2*22-16-10-17(15-6-8-24-9-7-15)18-12-20(21(23)26)25(19(18)11-16)13-14-4-2-1-3-5-14/h2*1-5,10-12,15,24H,6-9,13H2,(H2,23,26). The van der Waals surface area contributed by atoms with Crippen LogP contribution in [0.3, 0.4) is 0 Å². The molecule has 8 rings (SSSR count). The first-order valence-electron chi connectivity index (χ1n) is 18.0. The highest BCUT2D eigenvalue weighted by Gasteiger charge is 2.24. The molecule has 6 aromatic rings. The van der Waals surface area contributed by atoms with E-state index in [1.54, 1.807) is 12.1 Å². The van der Waals surface area contributed by atoms with Crippen LogP contribution in [0.2, 0.25) is 0 Å². The van der Waals surface area contributed by atoms with Crippen molar-refractivity contribution in [1.82, 2.24) is 19.8 Å². The number of nitrogens with zero attached hydrogens (tertiary/aromatic N) is 2. The van der Waals surface area contributed by atoms with Gasteiger partial charge in [-0.25, -0.2) is 8.78 Å². The number of carbonyl (C=O) groups excluding carboxylic acids is 2. The second-order valence-corrected chi connectivity index (χ2v) is 13.8. The van der Waals surface area contributed by atoms with Crippen LogP contribution in [0.25, 0.3) is 21.8 Å². The highest BCUT2D eigenvalue weighted by atomic mass is 19.1. The Hall–Kier alpha value is -5.32. The molecule has 6 N–H and O–H groups in total. The van der Waals surface area contributed by atoms with E-state index in [0.29, 0.717) is 36.3 Å². The summed E-state index contributed by atoms with van der Waals surface area (Å²) in [6, 6.07) is 29.6. The van der Waals surface area contributed by atoms with Crippen molar-refractivity contribution in [3.05, 3.63) is 142 Å². The first kappa shape index (κ1) is 35.1. The molecule has 2 amide bonds. The lowest BCUT2D eigenvalue weighted by Crippen LogP contribution is -2.26. The third-order valence-corrected chi connectivity index (χ3v) is 10.5. The van der Waals surface area contributed by atoms with Crippen LogP contribution in [0, 0.1) is 11.6 Å². The number of piperidine rings is 2. The van der Waals surface area contributed by atoms with Crippen LogP contribution in [0.1, 0.15) is 80.7 Å². The summed E-state index contributed by atoms with van der Waals surface area (Å²) >= 11 is 0. The number of amides is 2. The molecular formula is C42H44F2N6O2. The minimum Gasteiger partial charge on any atom is -0.364 e. The largest absolute Gasteiger partial charge is 0.364 e. The Balaban J connectivity index is 0.000000162. The predicted octanol–water partition coefficient (Wildman–Crippen LogP) is 6.79. The Bertz CT molecular complexity index is 2040. The van der Waals surface area contributed by atoms with Crippen molar-refractivity contribution in [3.63, 3.8) is 0 Å². The van der Waals surface area contributed by atoms with E-state index in [1.807, 2.05) is 81.9 Å². The smallest absolute Gasteiger partial charge is 0.265 e. The molecule has 0 saturated carbocycles. The van der Waals surface area contributed by atoms with Gasteiger partial charge < -0.3 is 31.2 Å². The fraction of sp³-hybridized carbons (Fsp3) is 0.286. The zero-order chi connectivity index (χ0) is 36.2. The van der Waals surface area contributed by atoms with Crippen LogP contribution in [0.4, 0.5) is 8.78 Å². The van der Waals surface area contributed by atoms with E-state index in [0.717, 1.165) is 95.9 Å². The molecule has 8 nitrogen and oxygen atoms in total. The van der Waals surface area contributed by atoms with Gasteiger partial charge in [-0.05, 0) is 122 Å². The fourth-order valence-corrected chi connectivity index (χ4v) is 7.92. The molecule has 4 aromatic carbocycles. The van der Waals surface area contributed by atoms with Gasteiger partial charge in [-0.2, -0.15) is 0 Å². The number of aromatic nitrogens is 2. The van der Waals surface area contributed by atoms with Crippen molar-refractivity contribution in [2.75, 3.05) is 26.2 Å². The zero-order valence-corrected chi connectivity index (χ0v) is 29.1. The Labute approximate surface area is 301 Å². The summed E-state index contributed by atoms with van der Waals surface area (Å²) in [6.07, 6.45) is 3.87. The molecule has 2 fully saturated rings. The van der Waals surface area contributed by atoms with Gasteiger partial charge >= 0.3 is 0 Å². The van der Waals surface area contributed by atoms with E-state index in [2.05, 4.69) is 10.6 Å². The molecule has 268 valence electrons. The number of fused-ring (bicyclic) bond motifs is 2. The number of halogens is 2. The van der Waals surface area contributed by atoms with Gasteiger partial charge in [-0.1, -0.05) is 60.7 Å². The van der Waals surface area contributed by atoms with Gasteiger partial charge in [-0.3, -0.25) is 9.59 Å². The van der Waals surface area contributed by atoms with Gasteiger partial charge in [0.05, 0.1) is 11.0 Å². The van der Waals surface area contributed by atoms with E-state index in [4.69, 9.17) is 11.5 Å². The van der Waals surface area contributed by atoms with Crippen LogP contribution in [0.5, 0.6) is 0 Å². The number of benzene rings is 4. The molecule has 2 saturated heterocycles. The molecule has 52 heavy (non-hydrogen) atoms. The van der Waals surface area contributed by atoms with Crippen molar-refractivity contribution in [2.24, 2.45) is 11.5 Å². The average molecular weight is 703 g/mol. The van der Waals surface area contributed by atoms with Crippen LogP contribution in [-0.4, -0.2) is 47.1 Å². The number of nitrogens with two attached hydrogens (primary N) is 2. The molecule has 0 bridgehead atoms. The topological polar surface area (TPSA) is 120 Å². The van der Waals surface area contributed by atoms with E-state index in [9.17, 15) is 18.4 Å². The fourth-order valence-electron chi connectivity index (χ4n) is 7.92. The summed E-state index contributed by atoms with van der Waals surface area (Å²) in [5.41, 5.74) is 17.6. The van der Waals surface area contributed by atoms with Crippen LogP contribution in [-0.2, 0) is 13.1 Å². The normalized spacial score (nSPS) is 15.4. The summed E-state index contributed by atoms with van der Waals surface area (Å²) in [7, 11) is 0. The monoisotopic (exact) mass is 702 g/mol. The quantitative estimate of drug-likeness (QED) is 0.140. The maximum Gasteiger partial charge on any atom is 0.265 e. The first-order chi connectivity index (χ1) is 25.3. The Kier molecular flexibility index (Phi) is 10.5. The van der Waals surface area contributed by atoms with Crippen LogP contribution < -0.4 is 22.1 Å². The van der Waals surface area contributed by atoms with E-state index in [-0.39, 0.29) is 11.6 Å². The lowest BCUT2D eigenvalue weighted by atomic mass is 9.88. The first-order valence-corrected chi connectivity index (χ1v) is 18.0. The number of carbonyl (C=O) groups is 2. The van der Waals surface area contributed by atoms with Crippen molar-refractivity contribution < 1.29 is 18.4 Å². The van der Waals surface area contributed by atoms with Crippen molar-refractivity contribution in [2.45, 2.75) is 50.6 Å². The summed E-state index contributed by atoms with van der Waals surface area (Å²) in [5, 5.41) is 8.55. The molecular weight excluding hydrogens is 658 g/mol. The van der Waals surface area contributed by atoms with Crippen molar-refractivity contribution in [3.8, 4) is 0 Å². The summed E-state index contributed by atoms with van der Waals surface area (Å²) in [6.45, 7) is 4.67. The van der Waals surface area contributed by atoms with E-state index < -0.39 is 11.8 Å². The van der Waals surface area contributed by atoms with Gasteiger partial charge in [-0.15, -0.1) is 0 Å². The Morgan fingerprint density at radius 1 is 0.577 bits per heavy atom. The van der Waals surface area contributed by atoms with Crippen LogP contribution in [0.15, 0.2) is 97.1 Å². The molecule has 10 heteroatoms. The molecule has 0 atom stereocenters. The lowest BCUT2D eigenvalue weighted by Gasteiger charge is -2.24. The predicted molar refractivity (Wildman–Crippen MR) is 202 cm³/mol.